The van der Waals surface area contributed by atoms with Gasteiger partial charge in [-0.3, -0.25) is 4.79 Å². The van der Waals surface area contributed by atoms with E-state index >= 15 is 0 Å². The number of esters is 1. The van der Waals surface area contributed by atoms with E-state index in [-0.39, 0.29) is 119 Å². The van der Waals surface area contributed by atoms with E-state index in [1.807, 2.05) is 147 Å². The predicted octanol–water partition coefficient (Wildman–Crippen LogP) is 4.75. The number of ether oxygens (including phenoxy) is 1. The Balaban J connectivity index is 0. The zero-order valence-electron chi connectivity index (χ0n) is 50.6. The van der Waals surface area contributed by atoms with E-state index in [2.05, 4.69) is 67.7 Å². The second kappa shape index (κ2) is 53.6. The average Bonchev–Trinajstić information content (AvgIpc) is 1.24. The fourth-order valence-electron chi connectivity index (χ4n) is 14.6. The number of hydrogen-bond acceptors (Lipinski definition) is 12. The van der Waals surface area contributed by atoms with Crippen LogP contribution in [0.2, 0.25) is 0 Å². The van der Waals surface area contributed by atoms with E-state index in [0.29, 0.717) is 35.5 Å². The largest absolute Gasteiger partial charge is 1.00 e. The number of carbonyl (C=O) groups is 3. The number of hydrogen-bond donors (Lipinski definition) is 5. The number of ketones is 1. The number of allylic oxidation sites excluding steroid dienone is 2. The fourth-order valence-corrected chi connectivity index (χ4v) is 88.7. The van der Waals surface area contributed by atoms with E-state index in [0.717, 1.165) is 44.9 Å². The van der Waals surface area contributed by atoms with Crippen molar-refractivity contribution in [3.63, 3.8) is 0 Å². The Morgan fingerprint density at radius 2 is 0.867 bits per heavy atom. The van der Waals surface area contributed by atoms with Crippen LogP contribution >= 0.6 is 0 Å². The summed E-state index contributed by atoms with van der Waals surface area (Å²) in [5.41, 5.74) is -1.09. The van der Waals surface area contributed by atoms with Gasteiger partial charge in [0, 0.05) is 323 Å². The summed E-state index contributed by atoms with van der Waals surface area (Å²) >= 11 is 9.58. The van der Waals surface area contributed by atoms with Crippen LogP contribution in [0.5, 0.6) is 0 Å². The monoisotopic (exact) mass is 1840 g/mol. The van der Waals surface area contributed by atoms with Crippen molar-refractivity contribution >= 4 is 298 Å². The molecular weight excluding hydrogens is 1750 g/mol. The van der Waals surface area contributed by atoms with Gasteiger partial charge in [0.15, 0.2) is 0 Å². The van der Waals surface area contributed by atoms with Crippen molar-refractivity contribution in [1.82, 2.24) is 0 Å². The summed E-state index contributed by atoms with van der Waals surface area (Å²) in [4.78, 5) is 33.8. The van der Waals surface area contributed by atoms with E-state index in [1.165, 1.54) is 37.0 Å². The fraction of sp³-hybridized carbons (Fsp3) is 0.854. The van der Waals surface area contributed by atoms with Crippen molar-refractivity contribution < 1.29 is 79.7 Å². The third-order valence-electron chi connectivity index (χ3n) is 18.5. The standard InChI is InChI=1S/C23H36O5.C21H36O2.C2H6O.CH2O.CH4.Na.H2O.S31/c1-6-21(4)11-17(28-18(26)13-25)22(5)14(2)7-9-23(15(3)20(21)27)10-8-16(12-24)19(22)23;1-6-19(4)11-15(3)21-9-7-14(2)20(5,17(23)12-19)18(21)16(13-22)8-10-21;1-2-3;1-2;;;;1-3-5-7-9-11-13-15-17-19-21-23-25-27-29-31-30-28-26-24-22-20-18-16-14-12-10-8-6-4-2/h6,14-17,19,24-25H,1,7-13H2,2-5H3;6,14-18,22-23H,1,7-13H2,2-5H3;3H,2H2,1H3;1H2;1H4;;1H2;/q;;;;;+1;;/p-1/t14-,15+,16+,17-,19?,21-,22+,23+;14-,15+,16+,17-,18?,19+,20+,21+;;;;;;/m11....../s1. The Bertz CT molecular complexity index is 3670. The number of rotatable bonds is 6. The molecule has 6 fully saturated rings. The first-order chi connectivity index (χ1) is 41.7. The van der Waals surface area contributed by atoms with Crippen molar-refractivity contribution in [3.8, 4) is 0 Å². The van der Waals surface area contributed by atoms with Gasteiger partial charge < -0.3 is 40.5 Å². The van der Waals surface area contributed by atoms with Crippen LogP contribution in [0.25, 0.3) is 0 Å². The molecule has 10 nitrogen and oxygen atoms in total. The van der Waals surface area contributed by atoms with E-state index in [9.17, 15) is 30.0 Å². The summed E-state index contributed by atoms with van der Waals surface area (Å²) in [6.07, 6.45) is 13.9. The maximum Gasteiger partial charge on any atom is 1.00 e. The maximum atomic E-state index is 13.6. The van der Waals surface area contributed by atoms with Crippen LogP contribution in [-0.4, -0.2) is 88.2 Å². The van der Waals surface area contributed by atoms with Gasteiger partial charge in [0.2, 0.25) is 0 Å². The van der Waals surface area contributed by atoms with E-state index < -0.39 is 24.1 Å². The van der Waals surface area contributed by atoms with Crippen LogP contribution in [0.3, 0.4) is 0 Å². The summed E-state index contributed by atoms with van der Waals surface area (Å²) in [7, 11) is 50.9. The first-order valence-electron chi connectivity index (χ1n) is 26.7. The van der Waals surface area contributed by atoms with Crippen LogP contribution < -0.4 is 29.6 Å². The molecule has 0 saturated heterocycles. The van der Waals surface area contributed by atoms with Crippen LogP contribution in [-0.2, 0) is 299 Å². The number of aliphatic hydroxyl groups is 5. The van der Waals surface area contributed by atoms with Gasteiger partial charge >= 0.3 is 35.5 Å². The van der Waals surface area contributed by atoms with Crippen LogP contribution in [0.4, 0.5) is 0 Å². The van der Waals surface area contributed by atoms with Gasteiger partial charge in [0.25, 0.3) is 0 Å². The van der Waals surface area contributed by atoms with Crippen molar-refractivity contribution in [3.05, 3.63) is 25.3 Å². The zero-order chi connectivity index (χ0) is 65.2. The number of aliphatic hydroxyl groups excluding tert-OH is 5. The third-order valence-corrected chi connectivity index (χ3v) is 80.8. The molecule has 6 rings (SSSR count). The molecule has 6 aliphatic carbocycles. The molecule has 524 valence electrons. The molecule has 0 aromatic rings. The Morgan fingerprint density at radius 1 is 0.544 bits per heavy atom. The molecular formula is C48H85NaO10S31. The normalized spacial score (nSPS) is 32.4. The minimum absolute atomic E-state index is 0. The van der Waals surface area contributed by atoms with Crippen LogP contribution in [0.1, 0.15) is 140 Å². The second-order valence-electron chi connectivity index (χ2n) is 22.0. The first kappa shape index (κ1) is 97.9. The second-order valence-corrected chi connectivity index (χ2v) is 73.3. The van der Waals surface area contributed by atoms with Gasteiger partial charge in [0.05, 0.1) is 6.10 Å². The van der Waals surface area contributed by atoms with Crippen molar-refractivity contribution in [2.24, 2.45) is 79.8 Å². The molecule has 0 aromatic carbocycles. The quantitative estimate of drug-likeness (QED) is 0.140. The topological polar surface area (TPSA) is 192 Å². The molecule has 0 radical (unpaired) electrons. The number of carbonyl (C=O) groups excluding carboxylic acids is 3. The molecule has 0 aromatic heterocycles. The first-order valence-corrected chi connectivity index (χ1v) is 66.7. The van der Waals surface area contributed by atoms with Gasteiger partial charge in [-0.05, 0) is 141 Å². The third kappa shape index (κ3) is 29.1. The Morgan fingerprint density at radius 3 is 1.20 bits per heavy atom. The summed E-state index contributed by atoms with van der Waals surface area (Å²) in [5.74, 6) is 1.85. The van der Waals surface area contributed by atoms with Gasteiger partial charge in [0.1, 0.15) is 25.3 Å². The summed E-state index contributed by atoms with van der Waals surface area (Å²) in [6, 6.07) is 0. The molecule has 90 heavy (non-hydrogen) atoms. The molecule has 0 amide bonds. The van der Waals surface area contributed by atoms with E-state index in [1.54, 1.807) is 120 Å². The smallest absolute Gasteiger partial charge is 0.870 e. The van der Waals surface area contributed by atoms with Crippen molar-refractivity contribution in [2.75, 3.05) is 26.4 Å². The van der Waals surface area contributed by atoms with Gasteiger partial charge in [-0.25, -0.2) is 4.79 Å². The molecule has 6 N–H and O–H groups in total. The minimum Gasteiger partial charge on any atom is -0.870 e. The van der Waals surface area contributed by atoms with Gasteiger partial charge in [-0.15, -0.1) is 13.2 Å². The minimum atomic E-state index is -0.784. The Hall–Kier alpha value is 5.87. The van der Waals surface area contributed by atoms with E-state index in [4.69, 9.17) is 37.0 Å². The molecule has 16 atom stereocenters. The summed E-state index contributed by atoms with van der Waals surface area (Å²) in [6.45, 7) is 29.4. The molecule has 0 heterocycles. The van der Waals surface area contributed by atoms with Gasteiger partial charge in [-0.2, -0.15) is 0 Å². The summed E-state index contributed by atoms with van der Waals surface area (Å²) in [5, 5.41) is 48.5. The molecule has 2 unspecified atom stereocenters. The molecule has 6 saturated carbocycles. The van der Waals surface area contributed by atoms with Crippen LogP contribution in [0, 0.1) is 79.8 Å². The van der Waals surface area contributed by atoms with Crippen molar-refractivity contribution in [1.29, 1.82) is 0 Å². The molecule has 0 spiro atoms. The average molecular weight is 1840 g/mol. The Kier molecular flexibility index (Phi) is 58.3. The Labute approximate surface area is 650 Å². The molecule has 4 bridgehead atoms. The zero-order valence-corrected chi connectivity index (χ0v) is 77.9. The SMILES string of the molecule is C.C=C[C@]1(C)C[C@@H](O)[C@@]2(C)C3[C@H](CO)CC[C@@]3(CC[C@H]2C)[C@@H](C)C1.C=C[C@]1(C)C[C@@H](OC(=O)CO)[C@@]2(C)C3[C@H](CO)CC[C@@]3(CC[C@H]2C)[C@@H](C)C1=O.C=O.CCO.S=S=S=S=S=S=S=S=S=S=S=S=S=S=S=S=S=S=S=S=S=S=S=S=S=S=S=S=S=S=S.[Na+].[OH-]. The van der Waals surface area contributed by atoms with Crippen LogP contribution in [0.15, 0.2) is 25.3 Å². The predicted molar refractivity (Wildman–Crippen MR) is 458 cm³/mol. The number of Topliss-reactive ketones (excluding diaryl/α,β-unsaturated/α-hetero) is 1. The molecule has 6 aliphatic rings. The molecule has 42 heteroatoms. The van der Waals surface area contributed by atoms with Gasteiger partial charge in [-0.1, -0.05) is 68.0 Å². The van der Waals surface area contributed by atoms with Crippen molar-refractivity contribution in [2.45, 2.75) is 153 Å². The molecule has 0 aliphatic heterocycles. The maximum absolute atomic E-state index is 13.6. The summed E-state index contributed by atoms with van der Waals surface area (Å²) < 4.78 is 5.84.